The highest BCUT2D eigenvalue weighted by atomic mass is 32.2. The summed E-state index contributed by atoms with van der Waals surface area (Å²) in [6, 6.07) is 7.71. The van der Waals surface area contributed by atoms with Crippen molar-refractivity contribution in [1.29, 1.82) is 0 Å². The minimum absolute atomic E-state index is 0.0379. The van der Waals surface area contributed by atoms with Crippen molar-refractivity contribution < 1.29 is 14.6 Å². The van der Waals surface area contributed by atoms with E-state index in [1.807, 2.05) is 36.6 Å². The molecule has 2 rings (SSSR count). The third kappa shape index (κ3) is 3.97. The highest BCUT2D eigenvalue weighted by Crippen LogP contribution is 2.29. The van der Waals surface area contributed by atoms with Crippen molar-refractivity contribution in [2.24, 2.45) is 0 Å². The molecule has 1 aromatic heterocycles. The minimum atomic E-state index is -0.831. The highest BCUT2D eigenvalue weighted by molar-refractivity contribution is 8.01. The number of hydrogen-bond donors (Lipinski definition) is 1. The first-order valence-corrected chi connectivity index (χ1v) is 7.59. The maximum Gasteiger partial charge on any atom is 0.313 e. The van der Waals surface area contributed by atoms with Gasteiger partial charge in [-0.25, -0.2) is 4.98 Å². The maximum atomic E-state index is 10.5. The largest absolute Gasteiger partial charge is 0.494 e. The SMILES string of the molecule is CCOc1ccc(-c2csc(SCC(=O)O)n2)cc1. The molecule has 0 bridgehead atoms. The monoisotopic (exact) mass is 295 g/mol. The molecule has 0 saturated carbocycles. The Bertz CT molecular complexity index is 551. The first-order valence-electron chi connectivity index (χ1n) is 5.72. The fourth-order valence-corrected chi connectivity index (χ4v) is 3.02. The summed E-state index contributed by atoms with van der Waals surface area (Å²) in [4.78, 5) is 14.9. The lowest BCUT2D eigenvalue weighted by Crippen LogP contribution is -1.96. The van der Waals surface area contributed by atoms with Crippen molar-refractivity contribution in [3.63, 3.8) is 0 Å². The van der Waals surface area contributed by atoms with Crippen molar-refractivity contribution in [3.8, 4) is 17.0 Å². The molecule has 0 radical (unpaired) electrons. The summed E-state index contributed by atoms with van der Waals surface area (Å²) in [5.41, 5.74) is 1.86. The van der Waals surface area contributed by atoms with Crippen LogP contribution >= 0.6 is 23.1 Å². The molecule has 0 atom stereocenters. The summed E-state index contributed by atoms with van der Waals surface area (Å²) in [6.45, 7) is 2.59. The molecular formula is C13H13NO3S2. The van der Waals surface area contributed by atoms with Crippen LogP contribution in [0.1, 0.15) is 6.92 Å². The highest BCUT2D eigenvalue weighted by Gasteiger charge is 2.07. The first-order chi connectivity index (χ1) is 9.19. The molecule has 0 aliphatic carbocycles. The van der Waals surface area contributed by atoms with Gasteiger partial charge in [-0.3, -0.25) is 4.79 Å². The van der Waals surface area contributed by atoms with Crippen LogP contribution in [0.15, 0.2) is 34.0 Å². The minimum Gasteiger partial charge on any atom is -0.494 e. The average molecular weight is 295 g/mol. The van der Waals surface area contributed by atoms with Gasteiger partial charge in [0, 0.05) is 10.9 Å². The molecule has 1 aromatic carbocycles. The number of thioether (sulfide) groups is 1. The summed E-state index contributed by atoms with van der Waals surface area (Å²) in [7, 11) is 0. The number of carbonyl (C=O) groups is 1. The van der Waals surface area contributed by atoms with Crippen LogP contribution in [0.3, 0.4) is 0 Å². The molecule has 0 aliphatic heterocycles. The Hall–Kier alpha value is -1.53. The van der Waals surface area contributed by atoms with Gasteiger partial charge in [-0.1, -0.05) is 11.8 Å². The lowest BCUT2D eigenvalue weighted by atomic mass is 10.2. The summed E-state index contributed by atoms with van der Waals surface area (Å²) in [6.07, 6.45) is 0. The van der Waals surface area contributed by atoms with Crippen LogP contribution in [0.2, 0.25) is 0 Å². The van der Waals surface area contributed by atoms with E-state index < -0.39 is 5.97 Å². The normalized spacial score (nSPS) is 10.4. The van der Waals surface area contributed by atoms with E-state index in [-0.39, 0.29) is 5.75 Å². The zero-order valence-corrected chi connectivity index (χ0v) is 12.0. The molecule has 100 valence electrons. The predicted molar refractivity (Wildman–Crippen MR) is 77.1 cm³/mol. The number of ether oxygens (including phenoxy) is 1. The summed E-state index contributed by atoms with van der Waals surface area (Å²) in [5, 5.41) is 10.6. The summed E-state index contributed by atoms with van der Waals surface area (Å²) < 4.78 is 6.15. The van der Waals surface area contributed by atoms with E-state index >= 15 is 0 Å². The summed E-state index contributed by atoms with van der Waals surface area (Å²) in [5.74, 6) is 0.0423. The molecular weight excluding hydrogens is 282 g/mol. The second kappa shape index (κ2) is 6.58. The average Bonchev–Trinajstić information content (AvgIpc) is 2.86. The van der Waals surface area contributed by atoms with E-state index in [4.69, 9.17) is 9.84 Å². The Morgan fingerprint density at radius 1 is 1.42 bits per heavy atom. The number of rotatable bonds is 6. The lowest BCUT2D eigenvalue weighted by molar-refractivity contribution is -0.133. The molecule has 0 fully saturated rings. The Morgan fingerprint density at radius 2 is 2.16 bits per heavy atom. The smallest absolute Gasteiger partial charge is 0.313 e. The molecule has 0 spiro atoms. The van der Waals surface area contributed by atoms with Gasteiger partial charge in [0.1, 0.15) is 5.75 Å². The van der Waals surface area contributed by atoms with Crippen LogP contribution in [0.25, 0.3) is 11.3 Å². The van der Waals surface area contributed by atoms with Gasteiger partial charge in [-0.15, -0.1) is 11.3 Å². The van der Waals surface area contributed by atoms with E-state index in [1.165, 1.54) is 23.1 Å². The van der Waals surface area contributed by atoms with E-state index in [9.17, 15) is 4.79 Å². The van der Waals surface area contributed by atoms with Crippen LogP contribution in [-0.4, -0.2) is 28.4 Å². The molecule has 19 heavy (non-hydrogen) atoms. The molecule has 0 amide bonds. The van der Waals surface area contributed by atoms with Crippen LogP contribution in [0.4, 0.5) is 0 Å². The van der Waals surface area contributed by atoms with Crippen LogP contribution < -0.4 is 4.74 Å². The summed E-state index contributed by atoms with van der Waals surface area (Å²) >= 11 is 2.70. The van der Waals surface area contributed by atoms with Crippen molar-refractivity contribution in [2.75, 3.05) is 12.4 Å². The number of benzene rings is 1. The van der Waals surface area contributed by atoms with E-state index in [1.54, 1.807) is 0 Å². The van der Waals surface area contributed by atoms with Gasteiger partial charge in [-0.2, -0.15) is 0 Å². The van der Waals surface area contributed by atoms with E-state index in [0.29, 0.717) is 6.61 Å². The Balaban J connectivity index is 2.07. The van der Waals surface area contributed by atoms with E-state index in [0.717, 1.165) is 21.3 Å². The molecule has 6 heteroatoms. The van der Waals surface area contributed by atoms with Crippen LogP contribution in [0, 0.1) is 0 Å². The second-order valence-corrected chi connectivity index (χ2v) is 5.72. The molecule has 1 N–H and O–H groups in total. The number of carboxylic acid groups (broad SMARTS) is 1. The van der Waals surface area contributed by atoms with Gasteiger partial charge in [0.2, 0.25) is 0 Å². The Labute approximate surface area is 119 Å². The zero-order chi connectivity index (χ0) is 13.7. The van der Waals surface area contributed by atoms with Crippen LogP contribution in [-0.2, 0) is 4.79 Å². The third-order valence-corrected chi connectivity index (χ3v) is 4.27. The van der Waals surface area contributed by atoms with Crippen molar-refractivity contribution >= 4 is 29.1 Å². The quantitative estimate of drug-likeness (QED) is 0.828. The number of carboxylic acids is 1. The molecule has 2 aromatic rings. The standard InChI is InChI=1S/C13H13NO3S2/c1-2-17-10-5-3-9(4-6-10)11-7-18-13(14-11)19-8-12(15)16/h3-7H,2,8H2,1H3,(H,15,16). The fourth-order valence-electron chi connectivity index (χ4n) is 1.47. The molecule has 0 unspecified atom stereocenters. The third-order valence-electron chi connectivity index (χ3n) is 2.26. The molecule has 1 heterocycles. The van der Waals surface area contributed by atoms with Crippen molar-refractivity contribution in [2.45, 2.75) is 11.3 Å². The van der Waals surface area contributed by atoms with Gasteiger partial charge >= 0.3 is 5.97 Å². The zero-order valence-electron chi connectivity index (χ0n) is 10.3. The van der Waals surface area contributed by atoms with Gasteiger partial charge in [0.25, 0.3) is 0 Å². The van der Waals surface area contributed by atoms with E-state index in [2.05, 4.69) is 4.98 Å². The predicted octanol–water partition coefficient (Wildman–Crippen LogP) is 3.39. The first kappa shape index (κ1) is 13.9. The number of aliphatic carboxylic acids is 1. The van der Waals surface area contributed by atoms with Gasteiger partial charge in [0.05, 0.1) is 18.1 Å². The van der Waals surface area contributed by atoms with Gasteiger partial charge < -0.3 is 9.84 Å². The Kier molecular flexibility index (Phi) is 4.81. The van der Waals surface area contributed by atoms with Crippen LogP contribution in [0.5, 0.6) is 5.75 Å². The van der Waals surface area contributed by atoms with Gasteiger partial charge in [0.15, 0.2) is 4.34 Å². The number of nitrogens with zero attached hydrogens (tertiary/aromatic N) is 1. The number of thiazole rings is 1. The fraction of sp³-hybridized carbons (Fsp3) is 0.231. The van der Waals surface area contributed by atoms with Gasteiger partial charge in [-0.05, 0) is 31.2 Å². The number of aromatic nitrogens is 1. The number of hydrogen-bond acceptors (Lipinski definition) is 5. The van der Waals surface area contributed by atoms with Crippen molar-refractivity contribution in [3.05, 3.63) is 29.6 Å². The lowest BCUT2D eigenvalue weighted by Gasteiger charge is -2.03. The van der Waals surface area contributed by atoms with Crippen molar-refractivity contribution in [1.82, 2.24) is 4.98 Å². The molecule has 0 saturated heterocycles. The topological polar surface area (TPSA) is 59.4 Å². The maximum absolute atomic E-state index is 10.5. The molecule has 4 nitrogen and oxygen atoms in total. The second-order valence-electron chi connectivity index (χ2n) is 3.64. The molecule has 0 aliphatic rings. The Morgan fingerprint density at radius 3 is 2.79 bits per heavy atom.